The van der Waals surface area contributed by atoms with Crippen LogP contribution in [0.4, 0.5) is 10.5 Å². The molecule has 0 aliphatic carbocycles. The van der Waals surface area contributed by atoms with Gasteiger partial charge in [-0.3, -0.25) is 5.32 Å². The Bertz CT molecular complexity index is 1140. The van der Waals surface area contributed by atoms with Crippen LogP contribution >= 0.6 is 0 Å². The molecule has 0 aromatic heterocycles. The molecule has 3 aromatic carbocycles. The van der Waals surface area contributed by atoms with Crippen LogP contribution in [-0.4, -0.2) is 35.5 Å². The van der Waals surface area contributed by atoms with Crippen molar-refractivity contribution in [2.24, 2.45) is 5.92 Å². The van der Waals surface area contributed by atoms with Gasteiger partial charge in [-0.25, -0.2) is 9.59 Å². The van der Waals surface area contributed by atoms with E-state index in [2.05, 4.69) is 5.32 Å². The monoisotopic (exact) mass is 463 g/mol. The van der Waals surface area contributed by atoms with Crippen molar-refractivity contribution >= 4 is 28.5 Å². The van der Waals surface area contributed by atoms with Crippen LogP contribution in [-0.2, 0) is 9.53 Å². The number of aliphatic hydroxyl groups is 1. The predicted molar refractivity (Wildman–Crippen MR) is 131 cm³/mol. The molecule has 7 heteroatoms. The van der Waals surface area contributed by atoms with Gasteiger partial charge in [-0.05, 0) is 36.3 Å². The highest BCUT2D eigenvalue weighted by molar-refractivity contribution is 6.00. The summed E-state index contributed by atoms with van der Waals surface area (Å²) in [7, 11) is 0. The number of nitrogens with one attached hydrogen (secondary N) is 1. The van der Waals surface area contributed by atoms with Crippen molar-refractivity contribution < 1.29 is 29.3 Å². The number of carboxylic acids is 1. The van der Waals surface area contributed by atoms with Crippen LogP contribution in [0.3, 0.4) is 0 Å². The maximum absolute atomic E-state index is 13.0. The zero-order valence-electron chi connectivity index (χ0n) is 19.0. The van der Waals surface area contributed by atoms with Crippen molar-refractivity contribution in [1.29, 1.82) is 0 Å². The first-order chi connectivity index (χ1) is 16.5. The van der Waals surface area contributed by atoms with E-state index in [1.54, 1.807) is 12.1 Å². The fourth-order valence-corrected chi connectivity index (χ4v) is 3.77. The Labute approximate surface area is 198 Å². The van der Waals surface area contributed by atoms with Gasteiger partial charge >= 0.3 is 12.1 Å². The number of carbonyl (C=O) groups excluding carboxylic acids is 1. The summed E-state index contributed by atoms with van der Waals surface area (Å²) in [6, 6.07) is 20.6. The minimum atomic E-state index is -1.00. The Morgan fingerprint density at radius 1 is 1.03 bits per heavy atom. The summed E-state index contributed by atoms with van der Waals surface area (Å²) >= 11 is 0. The lowest BCUT2D eigenvalue weighted by atomic mass is 9.92. The standard InChI is InChI=1S/C27H29NO6/c1-19(9-2-7-16-25(30)31)26(22-13-5-6-15-24(22)33-18-17-29)34-27(32)28-23-14-8-11-20-10-3-4-12-21(20)23/h3-8,10-16,19,26,29H,2,9,17-18H2,1H3,(H,28,32)(H,30,31)/b16-7+/t19-,26+/m1/s1. The number of carbonyl (C=O) groups is 2. The normalized spacial score (nSPS) is 12.9. The number of ether oxygens (including phenoxy) is 2. The molecule has 0 unspecified atom stereocenters. The van der Waals surface area contributed by atoms with Gasteiger partial charge in [0.1, 0.15) is 18.5 Å². The number of aliphatic carboxylic acids is 1. The van der Waals surface area contributed by atoms with E-state index in [0.717, 1.165) is 16.8 Å². The molecule has 0 radical (unpaired) electrons. The molecule has 3 aromatic rings. The SMILES string of the molecule is C[C@H](CC/C=C/C(=O)O)[C@H](OC(=O)Nc1cccc2ccccc12)c1ccccc1OCCO. The van der Waals surface area contributed by atoms with Gasteiger partial charge in [0.2, 0.25) is 0 Å². The molecule has 0 aliphatic heterocycles. The summed E-state index contributed by atoms with van der Waals surface area (Å²) in [5.41, 5.74) is 1.32. The molecule has 0 fully saturated rings. The van der Waals surface area contributed by atoms with Crippen molar-refractivity contribution in [1.82, 2.24) is 0 Å². The lowest BCUT2D eigenvalue weighted by Gasteiger charge is -2.26. The topological polar surface area (TPSA) is 105 Å². The predicted octanol–water partition coefficient (Wildman–Crippen LogP) is 5.56. The highest BCUT2D eigenvalue weighted by Crippen LogP contribution is 2.36. The average Bonchev–Trinajstić information content (AvgIpc) is 2.84. The highest BCUT2D eigenvalue weighted by atomic mass is 16.6. The maximum Gasteiger partial charge on any atom is 0.412 e. The molecule has 1 amide bonds. The molecule has 0 aliphatic rings. The van der Waals surface area contributed by atoms with Gasteiger partial charge in [0.05, 0.1) is 12.3 Å². The summed E-state index contributed by atoms with van der Waals surface area (Å²) in [5.74, 6) is -0.624. The number of hydrogen-bond acceptors (Lipinski definition) is 5. The number of hydrogen-bond donors (Lipinski definition) is 3. The van der Waals surface area contributed by atoms with Crippen molar-refractivity contribution in [3.63, 3.8) is 0 Å². The summed E-state index contributed by atoms with van der Waals surface area (Å²) in [5, 5.41) is 22.7. The zero-order valence-corrected chi connectivity index (χ0v) is 19.0. The smallest absolute Gasteiger partial charge is 0.412 e. The minimum Gasteiger partial charge on any atom is -0.491 e. The third kappa shape index (κ3) is 6.83. The van der Waals surface area contributed by atoms with E-state index in [4.69, 9.17) is 14.6 Å². The van der Waals surface area contributed by atoms with Crippen LogP contribution in [0.1, 0.15) is 31.4 Å². The number of anilines is 1. The first-order valence-electron chi connectivity index (χ1n) is 11.2. The molecule has 0 saturated carbocycles. The minimum absolute atomic E-state index is 0.113. The fraction of sp³-hybridized carbons (Fsp3) is 0.259. The lowest BCUT2D eigenvalue weighted by molar-refractivity contribution is -0.131. The third-order valence-corrected chi connectivity index (χ3v) is 5.40. The number of carboxylic acid groups (broad SMARTS) is 1. The van der Waals surface area contributed by atoms with Crippen LogP contribution in [0.2, 0.25) is 0 Å². The Hall–Kier alpha value is -3.84. The number of benzene rings is 3. The molecular formula is C27H29NO6. The molecule has 2 atom stereocenters. The fourth-order valence-electron chi connectivity index (χ4n) is 3.77. The van der Waals surface area contributed by atoms with Gasteiger partial charge in [0.15, 0.2) is 0 Å². The van der Waals surface area contributed by atoms with Crippen molar-refractivity contribution in [3.05, 3.63) is 84.4 Å². The maximum atomic E-state index is 13.0. The molecular weight excluding hydrogens is 434 g/mol. The second-order valence-electron chi connectivity index (χ2n) is 7.88. The van der Waals surface area contributed by atoms with E-state index in [0.29, 0.717) is 29.8 Å². The number of rotatable bonds is 11. The van der Waals surface area contributed by atoms with Gasteiger partial charge in [0, 0.05) is 17.0 Å². The lowest BCUT2D eigenvalue weighted by Crippen LogP contribution is -2.23. The molecule has 0 heterocycles. The van der Waals surface area contributed by atoms with E-state index in [1.165, 1.54) is 0 Å². The highest BCUT2D eigenvalue weighted by Gasteiger charge is 2.26. The number of fused-ring (bicyclic) bond motifs is 1. The van der Waals surface area contributed by atoms with Gasteiger partial charge in [0.25, 0.3) is 0 Å². The summed E-state index contributed by atoms with van der Waals surface area (Å²) in [4.78, 5) is 23.7. The molecule has 7 nitrogen and oxygen atoms in total. The molecule has 3 N–H and O–H groups in total. The van der Waals surface area contributed by atoms with Crippen LogP contribution in [0.5, 0.6) is 5.75 Å². The van der Waals surface area contributed by atoms with E-state index >= 15 is 0 Å². The summed E-state index contributed by atoms with van der Waals surface area (Å²) in [6.45, 7) is 1.91. The zero-order chi connectivity index (χ0) is 24.3. The largest absolute Gasteiger partial charge is 0.491 e. The average molecular weight is 464 g/mol. The van der Waals surface area contributed by atoms with Crippen LogP contribution in [0.15, 0.2) is 78.9 Å². The van der Waals surface area contributed by atoms with Crippen molar-refractivity contribution in [2.45, 2.75) is 25.9 Å². The Morgan fingerprint density at radius 3 is 2.56 bits per heavy atom. The molecule has 0 saturated heterocycles. The second kappa shape index (κ2) is 12.4. The Kier molecular flexibility index (Phi) is 9.05. The van der Waals surface area contributed by atoms with Gasteiger partial charge < -0.3 is 19.7 Å². The van der Waals surface area contributed by atoms with Crippen LogP contribution in [0.25, 0.3) is 10.8 Å². The molecule has 3 rings (SSSR count). The third-order valence-electron chi connectivity index (χ3n) is 5.40. The van der Waals surface area contributed by atoms with E-state index in [1.807, 2.05) is 67.6 Å². The van der Waals surface area contributed by atoms with Gasteiger partial charge in [-0.1, -0.05) is 67.6 Å². The van der Waals surface area contributed by atoms with Gasteiger partial charge in [-0.2, -0.15) is 0 Å². The van der Waals surface area contributed by atoms with Crippen molar-refractivity contribution in [3.8, 4) is 5.75 Å². The molecule has 0 spiro atoms. The van der Waals surface area contributed by atoms with Crippen LogP contribution in [0, 0.1) is 5.92 Å². The number of para-hydroxylation sites is 1. The summed E-state index contributed by atoms with van der Waals surface area (Å²) < 4.78 is 11.6. The number of allylic oxidation sites excluding steroid dienone is 1. The number of amides is 1. The molecule has 178 valence electrons. The van der Waals surface area contributed by atoms with E-state index < -0.39 is 18.2 Å². The van der Waals surface area contributed by atoms with E-state index in [9.17, 15) is 14.7 Å². The molecule has 0 bridgehead atoms. The molecule has 34 heavy (non-hydrogen) atoms. The summed E-state index contributed by atoms with van der Waals surface area (Å²) in [6.07, 6.45) is 2.53. The first kappa shape index (κ1) is 24.8. The first-order valence-corrected chi connectivity index (χ1v) is 11.2. The Balaban J connectivity index is 1.83. The quantitative estimate of drug-likeness (QED) is 0.322. The van der Waals surface area contributed by atoms with Gasteiger partial charge in [-0.15, -0.1) is 0 Å². The van der Waals surface area contributed by atoms with Crippen molar-refractivity contribution in [2.75, 3.05) is 18.5 Å². The second-order valence-corrected chi connectivity index (χ2v) is 7.88. The Morgan fingerprint density at radius 2 is 1.76 bits per heavy atom. The van der Waals surface area contributed by atoms with Crippen LogP contribution < -0.4 is 10.1 Å². The number of aliphatic hydroxyl groups excluding tert-OH is 1. The van der Waals surface area contributed by atoms with E-state index in [-0.39, 0.29) is 19.1 Å².